The van der Waals surface area contributed by atoms with Crippen molar-refractivity contribution in [2.75, 3.05) is 0 Å². The fourth-order valence-corrected chi connectivity index (χ4v) is 2.18. The number of rotatable bonds is 5. The molecule has 2 heteroatoms. The maximum atomic E-state index is 4.75. The van der Waals surface area contributed by atoms with Crippen LogP contribution in [0.3, 0.4) is 0 Å². The summed E-state index contributed by atoms with van der Waals surface area (Å²) in [6.07, 6.45) is 3.45. The first-order valence-corrected chi connectivity index (χ1v) is 6.70. The topological polar surface area (TPSA) is 17.8 Å². The Balaban J connectivity index is 2.44. The van der Waals surface area contributed by atoms with Gasteiger partial charge in [0.15, 0.2) is 0 Å². The van der Waals surface area contributed by atoms with Crippen molar-refractivity contribution in [3.8, 4) is 0 Å². The average Bonchev–Trinajstić information content (AvgIpc) is 2.68. The molecule has 1 aromatic heterocycles. The van der Waals surface area contributed by atoms with Crippen LogP contribution in [0.4, 0.5) is 0 Å². The molecule has 0 aliphatic carbocycles. The summed E-state index contributed by atoms with van der Waals surface area (Å²) in [5.41, 5.74) is 2.43. The molecule has 17 heavy (non-hydrogen) atoms. The van der Waals surface area contributed by atoms with E-state index in [1.807, 2.05) is 0 Å². The molecule has 0 amide bonds. The second-order valence-electron chi connectivity index (χ2n) is 4.89. The molecule has 0 aliphatic heterocycles. The minimum Gasteiger partial charge on any atom is -0.328 e. The van der Waals surface area contributed by atoms with Gasteiger partial charge in [0.25, 0.3) is 0 Å². The highest BCUT2D eigenvalue weighted by Crippen LogP contribution is 2.19. The van der Waals surface area contributed by atoms with Gasteiger partial charge in [0.1, 0.15) is 5.82 Å². The van der Waals surface area contributed by atoms with Crippen LogP contribution in [0.2, 0.25) is 0 Å². The first-order valence-electron chi connectivity index (χ1n) is 6.70. The van der Waals surface area contributed by atoms with E-state index in [0.29, 0.717) is 5.92 Å². The van der Waals surface area contributed by atoms with Crippen LogP contribution >= 0.6 is 0 Å². The molecule has 0 N–H and O–H groups in total. The SMILES string of the molecule is CCCc1nc2ccccc2n1CC(C)CC. The summed E-state index contributed by atoms with van der Waals surface area (Å²) in [7, 11) is 0. The Bertz CT molecular complexity index is 485. The maximum absolute atomic E-state index is 4.75. The summed E-state index contributed by atoms with van der Waals surface area (Å²) in [6, 6.07) is 8.47. The lowest BCUT2D eigenvalue weighted by Crippen LogP contribution is -2.10. The fraction of sp³-hybridized carbons (Fsp3) is 0.533. The largest absolute Gasteiger partial charge is 0.328 e. The third-order valence-electron chi connectivity index (χ3n) is 3.40. The molecule has 2 aromatic rings. The van der Waals surface area contributed by atoms with E-state index >= 15 is 0 Å². The predicted octanol–water partition coefficient (Wildman–Crippen LogP) is 4.03. The number of benzene rings is 1. The van der Waals surface area contributed by atoms with Crippen molar-refractivity contribution in [1.29, 1.82) is 0 Å². The molecule has 1 atom stereocenters. The number of nitrogens with zero attached hydrogens (tertiary/aromatic N) is 2. The van der Waals surface area contributed by atoms with Crippen LogP contribution < -0.4 is 0 Å². The quantitative estimate of drug-likeness (QED) is 0.758. The van der Waals surface area contributed by atoms with E-state index in [1.165, 1.54) is 17.8 Å². The molecule has 1 aromatic carbocycles. The third kappa shape index (κ3) is 2.51. The van der Waals surface area contributed by atoms with Gasteiger partial charge in [-0.1, -0.05) is 39.3 Å². The van der Waals surface area contributed by atoms with Gasteiger partial charge in [0.2, 0.25) is 0 Å². The Hall–Kier alpha value is -1.31. The number of fused-ring (bicyclic) bond motifs is 1. The third-order valence-corrected chi connectivity index (χ3v) is 3.40. The molecule has 2 nitrogen and oxygen atoms in total. The first kappa shape index (κ1) is 12.2. The van der Waals surface area contributed by atoms with E-state index in [2.05, 4.69) is 49.6 Å². The summed E-state index contributed by atoms with van der Waals surface area (Å²) in [4.78, 5) is 4.75. The fourth-order valence-electron chi connectivity index (χ4n) is 2.18. The molecule has 1 heterocycles. The Morgan fingerprint density at radius 1 is 1.24 bits per heavy atom. The second kappa shape index (κ2) is 5.35. The van der Waals surface area contributed by atoms with Crippen LogP contribution in [0.25, 0.3) is 11.0 Å². The minimum absolute atomic E-state index is 0.711. The standard InChI is InChI=1S/C15H22N2/c1-4-8-15-16-13-9-6-7-10-14(13)17(15)11-12(3)5-2/h6-7,9-10,12H,4-5,8,11H2,1-3H3. The summed E-state index contributed by atoms with van der Waals surface area (Å²) >= 11 is 0. The minimum atomic E-state index is 0.711. The molecule has 0 fully saturated rings. The lowest BCUT2D eigenvalue weighted by molar-refractivity contribution is 0.464. The molecule has 1 unspecified atom stereocenters. The summed E-state index contributed by atoms with van der Waals surface area (Å²) in [5.74, 6) is 1.96. The zero-order valence-corrected chi connectivity index (χ0v) is 11.1. The summed E-state index contributed by atoms with van der Waals surface area (Å²) < 4.78 is 2.41. The molecular weight excluding hydrogens is 208 g/mol. The van der Waals surface area contributed by atoms with E-state index in [0.717, 1.165) is 24.9 Å². The van der Waals surface area contributed by atoms with Crippen molar-refractivity contribution in [2.45, 2.75) is 46.6 Å². The van der Waals surface area contributed by atoms with Crippen molar-refractivity contribution in [2.24, 2.45) is 5.92 Å². The van der Waals surface area contributed by atoms with E-state index in [1.54, 1.807) is 0 Å². The van der Waals surface area contributed by atoms with Crippen LogP contribution in [0.15, 0.2) is 24.3 Å². The normalized spacial score (nSPS) is 13.1. The van der Waals surface area contributed by atoms with E-state index in [9.17, 15) is 0 Å². The molecule has 0 aliphatic rings. The lowest BCUT2D eigenvalue weighted by Gasteiger charge is -2.13. The van der Waals surface area contributed by atoms with Gasteiger partial charge >= 0.3 is 0 Å². The molecule has 92 valence electrons. The van der Waals surface area contributed by atoms with Gasteiger partial charge in [0, 0.05) is 13.0 Å². The van der Waals surface area contributed by atoms with Crippen molar-refractivity contribution in [3.05, 3.63) is 30.1 Å². The lowest BCUT2D eigenvalue weighted by atomic mass is 10.1. The van der Waals surface area contributed by atoms with Gasteiger partial charge in [0.05, 0.1) is 11.0 Å². The van der Waals surface area contributed by atoms with Crippen LogP contribution in [0.5, 0.6) is 0 Å². The van der Waals surface area contributed by atoms with Crippen LogP contribution in [0, 0.1) is 5.92 Å². The van der Waals surface area contributed by atoms with Crippen molar-refractivity contribution < 1.29 is 0 Å². The van der Waals surface area contributed by atoms with Gasteiger partial charge in [-0.15, -0.1) is 0 Å². The van der Waals surface area contributed by atoms with Crippen LogP contribution in [-0.2, 0) is 13.0 Å². The molecule has 0 radical (unpaired) electrons. The zero-order chi connectivity index (χ0) is 12.3. The van der Waals surface area contributed by atoms with Gasteiger partial charge in [-0.05, 0) is 24.5 Å². The number of para-hydroxylation sites is 2. The van der Waals surface area contributed by atoms with Crippen molar-refractivity contribution >= 4 is 11.0 Å². The van der Waals surface area contributed by atoms with Crippen molar-refractivity contribution in [3.63, 3.8) is 0 Å². The van der Waals surface area contributed by atoms with E-state index in [4.69, 9.17) is 4.98 Å². The Morgan fingerprint density at radius 2 is 2.00 bits per heavy atom. The van der Waals surface area contributed by atoms with Crippen LogP contribution in [0.1, 0.15) is 39.4 Å². The Morgan fingerprint density at radius 3 is 2.71 bits per heavy atom. The number of aromatic nitrogens is 2. The second-order valence-corrected chi connectivity index (χ2v) is 4.89. The van der Waals surface area contributed by atoms with Crippen molar-refractivity contribution in [1.82, 2.24) is 9.55 Å². The van der Waals surface area contributed by atoms with E-state index < -0.39 is 0 Å². The van der Waals surface area contributed by atoms with E-state index in [-0.39, 0.29) is 0 Å². The van der Waals surface area contributed by atoms with Gasteiger partial charge < -0.3 is 4.57 Å². The molecule has 0 saturated carbocycles. The van der Waals surface area contributed by atoms with Gasteiger partial charge in [-0.2, -0.15) is 0 Å². The van der Waals surface area contributed by atoms with Gasteiger partial charge in [-0.25, -0.2) is 4.98 Å². The number of imidazole rings is 1. The highest BCUT2D eigenvalue weighted by atomic mass is 15.1. The molecule has 2 rings (SSSR count). The highest BCUT2D eigenvalue weighted by Gasteiger charge is 2.11. The smallest absolute Gasteiger partial charge is 0.109 e. The monoisotopic (exact) mass is 230 g/mol. The number of aryl methyl sites for hydroxylation is 1. The molecule has 0 bridgehead atoms. The Kier molecular flexibility index (Phi) is 3.82. The van der Waals surface area contributed by atoms with Crippen LogP contribution in [-0.4, -0.2) is 9.55 Å². The average molecular weight is 230 g/mol. The molecular formula is C15H22N2. The predicted molar refractivity (Wildman–Crippen MR) is 73.2 cm³/mol. The number of hydrogen-bond acceptors (Lipinski definition) is 1. The summed E-state index contributed by atoms with van der Waals surface area (Å²) in [6.45, 7) is 7.87. The number of hydrogen-bond donors (Lipinski definition) is 0. The maximum Gasteiger partial charge on any atom is 0.109 e. The molecule has 0 spiro atoms. The zero-order valence-electron chi connectivity index (χ0n) is 11.1. The van der Waals surface area contributed by atoms with Gasteiger partial charge in [-0.3, -0.25) is 0 Å². The highest BCUT2D eigenvalue weighted by molar-refractivity contribution is 5.75. The molecule has 0 saturated heterocycles. The summed E-state index contributed by atoms with van der Waals surface area (Å²) in [5, 5.41) is 0. The first-order chi connectivity index (χ1) is 8.26. The Labute approximate surface area is 104 Å².